The maximum atomic E-state index is 9.40. The molecular formula is C16H13N6+. The van der Waals surface area contributed by atoms with E-state index in [1.165, 1.54) is 0 Å². The van der Waals surface area contributed by atoms with Crippen LogP contribution >= 0.6 is 0 Å². The van der Waals surface area contributed by atoms with Crippen molar-refractivity contribution in [2.24, 2.45) is 0 Å². The van der Waals surface area contributed by atoms with Gasteiger partial charge < -0.3 is 5.73 Å². The van der Waals surface area contributed by atoms with E-state index >= 15 is 0 Å². The van der Waals surface area contributed by atoms with Gasteiger partial charge in [-0.25, -0.2) is 4.98 Å². The predicted molar refractivity (Wildman–Crippen MR) is 80.6 cm³/mol. The summed E-state index contributed by atoms with van der Waals surface area (Å²) in [7, 11) is 0. The molecule has 0 unspecified atom stereocenters. The quantitative estimate of drug-likeness (QED) is 0.893. The fraction of sp³-hybridized carbons (Fsp3) is 0.125. The first-order valence-corrected chi connectivity index (χ1v) is 6.49. The Morgan fingerprint density at radius 2 is 1.91 bits per heavy atom. The van der Waals surface area contributed by atoms with E-state index in [0.29, 0.717) is 11.4 Å². The van der Waals surface area contributed by atoms with Crippen molar-refractivity contribution in [2.75, 3.05) is 11.1 Å². The highest BCUT2D eigenvalue weighted by Crippen LogP contribution is 2.25. The van der Waals surface area contributed by atoms with Crippen LogP contribution in [-0.4, -0.2) is 0 Å². The zero-order chi connectivity index (χ0) is 16.1. The molecule has 1 heterocycles. The first-order valence-electron chi connectivity index (χ1n) is 6.49. The minimum Gasteiger partial charge on any atom is -0.318 e. The van der Waals surface area contributed by atoms with Crippen LogP contribution in [0.15, 0.2) is 24.3 Å². The van der Waals surface area contributed by atoms with Crippen LogP contribution in [0, 0.1) is 40.9 Å². The van der Waals surface area contributed by atoms with Crippen LogP contribution < -0.4 is 16.0 Å². The third-order valence-electron chi connectivity index (χ3n) is 3.15. The molecule has 4 N–H and O–H groups in total. The number of hydrogen-bond donors (Lipinski definition) is 2. The Morgan fingerprint density at radius 3 is 2.50 bits per heavy atom. The average Bonchev–Trinajstić information content (AvgIpc) is 2.48. The molecular weight excluding hydrogens is 276 g/mol. The number of benzene rings is 1. The summed E-state index contributed by atoms with van der Waals surface area (Å²) in [6.45, 7) is 1.95. The Bertz CT molecular complexity index is 849. The largest absolute Gasteiger partial charge is 0.318 e. The molecule has 2 aromatic rings. The van der Waals surface area contributed by atoms with E-state index in [4.69, 9.17) is 11.0 Å². The molecule has 0 saturated carbocycles. The first-order chi connectivity index (χ1) is 10.6. The normalized spacial score (nSPS) is 9.36. The van der Waals surface area contributed by atoms with E-state index in [2.05, 4.69) is 10.3 Å². The van der Waals surface area contributed by atoms with Crippen LogP contribution in [0.5, 0.6) is 0 Å². The van der Waals surface area contributed by atoms with Gasteiger partial charge in [-0.1, -0.05) is 12.1 Å². The fourth-order valence-corrected chi connectivity index (χ4v) is 2.17. The molecule has 1 aromatic carbocycles. The van der Waals surface area contributed by atoms with Crippen LogP contribution in [0.1, 0.15) is 22.3 Å². The Labute approximate surface area is 128 Å². The number of pyridine rings is 1. The number of nitriles is 3. The molecule has 0 radical (unpaired) electrons. The summed E-state index contributed by atoms with van der Waals surface area (Å²) in [5.74, 6) is 0.497. The second-order valence-electron chi connectivity index (χ2n) is 4.70. The van der Waals surface area contributed by atoms with Gasteiger partial charge in [-0.05, 0) is 24.6 Å². The fourth-order valence-electron chi connectivity index (χ4n) is 2.17. The smallest absolute Gasteiger partial charge is 0.242 e. The van der Waals surface area contributed by atoms with Gasteiger partial charge in [-0.15, -0.1) is 0 Å². The van der Waals surface area contributed by atoms with Gasteiger partial charge in [-0.3, -0.25) is 5.32 Å². The van der Waals surface area contributed by atoms with Gasteiger partial charge in [0, 0.05) is 5.56 Å². The highest BCUT2D eigenvalue weighted by molar-refractivity contribution is 5.67. The van der Waals surface area contributed by atoms with Crippen molar-refractivity contribution in [3.8, 4) is 18.2 Å². The standard InChI is InChI=1S/C16H12N6/c1-10-3-2-4-11(7-10)21-16-14(9-19)12(5-6-17)13(8-18)15(20)22-16/h2-4,7H,5H2,1H3,(H3,20,21,22)/p+1. The Balaban J connectivity index is 2.60. The van der Waals surface area contributed by atoms with E-state index in [1.807, 2.05) is 49.4 Å². The molecule has 0 fully saturated rings. The number of nitrogens with zero attached hydrogens (tertiary/aromatic N) is 3. The van der Waals surface area contributed by atoms with Gasteiger partial charge in [0.05, 0.1) is 18.2 Å². The summed E-state index contributed by atoms with van der Waals surface area (Å²) in [6, 6.07) is 13.5. The molecule has 0 saturated heterocycles. The van der Waals surface area contributed by atoms with Gasteiger partial charge in [0.25, 0.3) is 0 Å². The molecule has 0 spiro atoms. The number of hydrogen-bond acceptors (Lipinski definition) is 5. The van der Waals surface area contributed by atoms with E-state index in [1.54, 1.807) is 0 Å². The van der Waals surface area contributed by atoms with E-state index in [9.17, 15) is 10.5 Å². The Hall–Kier alpha value is -3.56. The van der Waals surface area contributed by atoms with Crippen LogP contribution in [0.3, 0.4) is 0 Å². The lowest BCUT2D eigenvalue weighted by atomic mass is 10.0. The number of rotatable bonds is 3. The predicted octanol–water partition coefficient (Wildman–Crippen LogP) is 1.94. The number of anilines is 3. The van der Waals surface area contributed by atoms with Crippen molar-refractivity contribution in [1.82, 2.24) is 0 Å². The number of nitrogens with two attached hydrogens (primary N) is 1. The van der Waals surface area contributed by atoms with Crippen molar-refractivity contribution in [3.63, 3.8) is 0 Å². The lowest BCUT2D eigenvalue weighted by Gasteiger charge is -2.09. The second kappa shape index (κ2) is 6.26. The molecule has 106 valence electrons. The van der Waals surface area contributed by atoms with Crippen molar-refractivity contribution >= 4 is 17.3 Å². The topological polar surface area (TPSA) is 124 Å². The number of nitrogens with one attached hydrogen (secondary N) is 2. The van der Waals surface area contributed by atoms with Crippen LogP contribution in [0.2, 0.25) is 0 Å². The van der Waals surface area contributed by atoms with Gasteiger partial charge in [0.2, 0.25) is 11.6 Å². The molecule has 0 amide bonds. The monoisotopic (exact) mass is 289 g/mol. The number of nitrogen functional groups attached to an aromatic ring is 1. The summed E-state index contributed by atoms with van der Waals surface area (Å²) in [5.41, 5.74) is 8.35. The lowest BCUT2D eigenvalue weighted by molar-refractivity contribution is -0.343. The summed E-state index contributed by atoms with van der Waals surface area (Å²) < 4.78 is 0. The van der Waals surface area contributed by atoms with E-state index < -0.39 is 0 Å². The number of H-pyrrole nitrogens is 1. The highest BCUT2D eigenvalue weighted by atomic mass is 15.0. The average molecular weight is 289 g/mol. The third kappa shape index (κ3) is 2.80. The zero-order valence-electron chi connectivity index (χ0n) is 11.9. The molecule has 0 aliphatic rings. The molecule has 0 aliphatic heterocycles. The van der Waals surface area contributed by atoms with Crippen molar-refractivity contribution < 1.29 is 4.98 Å². The van der Waals surface area contributed by atoms with Gasteiger partial charge in [-0.2, -0.15) is 15.8 Å². The van der Waals surface area contributed by atoms with Gasteiger partial charge in [0.15, 0.2) is 0 Å². The molecule has 22 heavy (non-hydrogen) atoms. The number of aryl methyl sites for hydroxylation is 1. The Morgan fingerprint density at radius 1 is 1.18 bits per heavy atom. The van der Waals surface area contributed by atoms with Gasteiger partial charge >= 0.3 is 0 Å². The van der Waals surface area contributed by atoms with Crippen LogP contribution in [0.4, 0.5) is 17.3 Å². The SMILES string of the molecule is Cc1cccc(Nc2[nH+]c(N)c(C#N)c(CC#N)c2C#N)c1. The Kier molecular flexibility index (Phi) is 4.22. The van der Waals surface area contributed by atoms with E-state index in [-0.39, 0.29) is 23.4 Å². The third-order valence-corrected chi connectivity index (χ3v) is 3.15. The molecule has 2 rings (SSSR count). The van der Waals surface area contributed by atoms with Gasteiger partial charge in [0.1, 0.15) is 23.3 Å². The molecule has 0 atom stereocenters. The maximum absolute atomic E-state index is 9.40. The first kappa shape index (κ1) is 14.8. The summed E-state index contributed by atoms with van der Waals surface area (Å²) in [4.78, 5) is 2.83. The molecule has 0 aliphatic carbocycles. The van der Waals surface area contributed by atoms with Crippen molar-refractivity contribution in [2.45, 2.75) is 13.3 Å². The van der Waals surface area contributed by atoms with Crippen molar-refractivity contribution in [3.05, 3.63) is 46.5 Å². The molecule has 6 heteroatoms. The lowest BCUT2D eigenvalue weighted by Crippen LogP contribution is -2.21. The minimum atomic E-state index is -0.0623. The number of aromatic amines is 1. The molecule has 1 aromatic heterocycles. The molecule has 0 bridgehead atoms. The van der Waals surface area contributed by atoms with Crippen LogP contribution in [-0.2, 0) is 6.42 Å². The molecule has 6 nitrogen and oxygen atoms in total. The second-order valence-corrected chi connectivity index (χ2v) is 4.70. The number of aromatic nitrogens is 1. The van der Waals surface area contributed by atoms with E-state index in [0.717, 1.165) is 11.3 Å². The highest BCUT2D eigenvalue weighted by Gasteiger charge is 2.22. The summed E-state index contributed by atoms with van der Waals surface area (Å²) in [6.07, 6.45) is -0.0623. The van der Waals surface area contributed by atoms with Crippen molar-refractivity contribution in [1.29, 1.82) is 15.8 Å². The zero-order valence-corrected chi connectivity index (χ0v) is 11.9. The minimum absolute atomic E-state index is 0.0623. The summed E-state index contributed by atoms with van der Waals surface area (Å²) >= 11 is 0. The summed E-state index contributed by atoms with van der Waals surface area (Å²) in [5, 5.41) is 30.6. The maximum Gasteiger partial charge on any atom is 0.242 e. The van der Waals surface area contributed by atoms with Crippen LogP contribution in [0.25, 0.3) is 0 Å².